The van der Waals surface area contributed by atoms with Crippen LogP contribution >= 0.6 is 0 Å². The third-order valence-electron chi connectivity index (χ3n) is 1.92. The van der Waals surface area contributed by atoms with Crippen LogP contribution in [0.25, 0.3) is 0 Å². The van der Waals surface area contributed by atoms with Crippen molar-refractivity contribution in [2.75, 3.05) is 19.3 Å². The number of hydrogen-bond donors (Lipinski definition) is 1. The Morgan fingerprint density at radius 2 is 2.50 bits per heavy atom. The molecule has 1 heterocycles. The molecule has 5 heteroatoms. The van der Waals surface area contributed by atoms with E-state index in [0.717, 1.165) is 0 Å². The molecule has 0 aromatic carbocycles. The maximum Gasteiger partial charge on any atom is 0.274 e. The fraction of sp³-hybridized carbons (Fsp3) is 0.333. The fourth-order valence-electron chi connectivity index (χ4n) is 1.17. The number of nitrogens with zero attached hydrogens (tertiary/aromatic N) is 3. The molecule has 0 saturated heterocycles. The number of likely N-dealkylation sites (N-methyl/N-ethyl adjacent to an activating group) is 1. The van der Waals surface area contributed by atoms with Gasteiger partial charge in [-0.15, -0.1) is 6.58 Å². The van der Waals surface area contributed by atoms with E-state index in [1.807, 2.05) is 0 Å². The molecule has 0 radical (unpaired) electrons. The zero-order chi connectivity index (χ0) is 10.7. The average Bonchev–Trinajstić information content (AvgIpc) is 2.46. The minimum atomic E-state index is -0.151. The van der Waals surface area contributed by atoms with E-state index in [2.05, 4.69) is 11.7 Å². The van der Waals surface area contributed by atoms with E-state index in [0.29, 0.717) is 17.9 Å². The lowest BCUT2D eigenvalue weighted by molar-refractivity contribution is 0.0800. The topological polar surface area (TPSA) is 64.2 Å². The minimum absolute atomic E-state index is 0.151. The van der Waals surface area contributed by atoms with Crippen molar-refractivity contribution in [3.8, 4) is 0 Å². The first-order chi connectivity index (χ1) is 6.57. The number of rotatable bonds is 3. The molecular formula is C9H14N4O. The number of anilines is 1. The van der Waals surface area contributed by atoms with Gasteiger partial charge >= 0.3 is 0 Å². The van der Waals surface area contributed by atoms with Gasteiger partial charge in [0.1, 0.15) is 5.69 Å². The van der Waals surface area contributed by atoms with Gasteiger partial charge in [-0.3, -0.25) is 9.48 Å². The molecule has 0 atom stereocenters. The lowest BCUT2D eigenvalue weighted by Crippen LogP contribution is -2.29. The van der Waals surface area contributed by atoms with Gasteiger partial charge in [-0.2, -0.15) is 5.10 Å². The van der Waals surface area contributed by atoms with Crippen LogP contribution in [0.3, 0.4) is 0 Å². The van der Waals surface area contributed by atoms with Gasteiger partial charge in [-0.1, -0.05) is 6.08 Å². The van der Waals surface area contributed by atoms with Crippen LogP contribution in [0.4, 0.5) is 5.69 Å². The van der Waals surface area contributed by atoms with Gasteiger partial charge in [-0.25, -0.2) is 0 Å². The van der Waals surface area contributed by atoms with Gasteiger partial charge in [0.2, 0.25) is 0 Å². The number of nitrogens with two attached hydrogens (primary N) is 1. The van der Waals surface area contributed by atoms with E-state index < -0.39 is 0 Å². The van der Waals surface area contributed by atoms with Crippen LogP contribution in [0.5, 0.6) is 0 Å². The second-order valence-electron chi connectivity index (χ2n) is 3.05. The lowest BCUT2D eigenvalue weighted by atomic mass is 10.3. The van der Waals surface area contributed by atoms with Crippen molar-refractivity contribution >= 4 is 11.6 Å². The molecule has 0 unspecified atom stereocenters. The molecule has 0 aliphatic carbocycles. The zero-order valence-corrected chi connectivity index (χ0v) is 8.40. The van der Waals surface area contributed by atoms with Crippen LogP contribution in [-0.2, 0) is 7.05 Å². The van der Waals surface area contributed by atoms with Gasteiger partial charge in [0.05, 0.1) is 11.9 Å². The highest BCUT2D eigenvalue weighted by molar-refractivity contribution is 5.97. The summed E-state index contributed by atoms with van der Waals surface area (Å²) in [6, 6.07) is 0. The first-order valence-corrected chi connectivity index (χ1v) is 4.21. The monoisotopic (exact) mass is 194 g/mol. The smallest absolute Gasteiger partial charge is 0.274 e. The molecule has 76 valence electrons. The number of carbonyl (C=O) groups is 1. The van der Waals surface area contributed by atoms with Crippen LogP contribution in [-0.4, -0.2) is 34.2 Å². The minimum Gasteiger partial charge on any atom is -0.396 e. The van der Waals surface area contributed by atoms with Crippen LogP contribution in [0.2, 0.25) is 0 Å². The molecule has 0 bridgehead atoms. The first-order valence-electron chi connectivity index (χ1n) is 4.21. The molecule has 2 N–H and O–H groups in total. The molecule has 14 heavy (non-hydrogen) atoms. The summed E-state index contributed by atoms with van der Waals surface area (Å²) in [5.74, 6) is -0.151. The summed E-state index contributed by atoms with van der Waals surface area (Å²) in [5, 5.41) is 3.90. The molecular weight excluding hydrogens is 180 g/mol. The van der Waals surface area contributed by atoms with Gasteiger partial charge in [0.15, 0.2) is 0 Å². The van der Waals surface area contributed by atoms with Gasteiger partial charge in [0, 0.05) is 20.6 Å². The van der Waals surface area contributed by atoms with Gasteiger partial charge in [0.25, 0.3) is 5.91 Å². The summed E-state index contributed by atoms with van der Waals surface area (Å²) in [6.07, 6.45) is 3.12. The summed E-state index contributed by atoms with van der Waals surface area (Å²) < 4.78 is 1.47. The van der Waals surface area contributed by atoms with E-state index in [-0.39, 0.29) is 5.91 Å². The second kappa shape index (κ2) is 3.95. The zero-order valence-electron chi connectivity index (χ0n) is 8.40. The molecule has 0 spiro atoms. The number of carbonyl (C=O) groups excluding carboxylic acids is 1. The van der Waals surface area contributed by atoms with Crippen molar-refractivity contribution in [2.45, 2.75) is 0 Å². The highest BCUT2D eigenvalue weighted by Crippen LogP contribution is 2.11. The Hall–Kier alpha value is -1.78. The highest BCUT2D eigenvalue weighted by Gasteiger charge is 2.17. The summed E-state index contributed by atoms with van der Waals surface area (Å²) in [4.78, 5) is 13.3. The molecule has 0 aliphatic rings. The van der Waals surface area contributed by atoms with Crippen molar-refractivity contribution in [1.82, 2.24) is 14.7 Å². The van der Waals surface area contributed by atoms with Crippen LogP contribution in [0.15, 0.2) is 18.9 Å². The Labute approximate surface area is 82.8 Å². The molecule has 1 aromatic heterocycles. The number of aryl methyl sites for hydroxylation is 1. The quantitative estimate of drug-likeness (QED) is 0.702. The van der Waals surface area contributed by atoms with Crippen molar-refractivity contribution in [3.05, 3.63) is 24.5 Å². The maximum atomic E-state index is 11.8. The number of nitrogen functional groups attached to an aromatic ring is 1. The largest absolute Gasteiger partial charge is 0.396 e. The molecule has 5 nitrogen and oxygen atoms in total. The Morgan fingerprint density at radius 1 is 1.86 bits per heavy atom. The Bertz CT molecular complexity index is 336. The normalized spacial score (nSPS) is 9.86. The third-order valence-corrected chi connectivity index (χ3v) is 1.92. The average molecular weight is 194 g/mol. The third kappa shape index (κ3) is 1.76. The maximum absolute atomic E-state index is 11.8. The number of hydrogen-bond acceptors (Lipinski definition) is 3. The van der Waals surface area contributed by atoms with E-state index in [4.69, 9.17) is 5.73 Å². The number of aromatic nitrogens is 2. The van der Waals surface area contributed by atoms with Crippen molar-refractivity contribution in [1.29, 1.82) is 0 Å². The van der Waals surface area contributed by atoms with Crippen molar-refractivity contribution < 1.29 is 4.79 Å². The standard InChI is InChI=1S/C9H14N4O/c1-4-5-12(2)9(14)8-7(10)6-11-13(8)3/h4,6H,1,5,10H2,2-3H3. The lowest BCUT2D eigenvalue weighted by Gasteiger charge is -2.14. The highest BCUT2D eigenvalue weighted by atomic mass is 16.2. The Balaban J connectivity index is 2.94. The molecule has 0 saturated carbocycles. The van der Waals surface area contributed by atoms with Gasteiger partial charge in [-0.05, 0) is 0 Å². The van der Waals surface area contributed by atoms with Crippen LogP contribution in [0.1, 0.15) is 10.5 Å². The van der Waals surface area contributed by atoms with Crippen LogP contribution < -0.4 is 5.73 Å². The van der Waals surface area contributed by atoms with Crippen molar-refractivity contribution in [2.24, 2.45) is 7.05 Å². The van der Waals surface area contributed by atoms with Crippen molar-refractivity contribution in [3.63, 3.8) is 0 Å². The molecule has 0 fully saturated rings. The molecule has 0 aliphatic heterocycles. The Kier molecular flexibility index (Phi) is 2.91. The molecule has 1 aromatic rings. The SMILES string of the molecule is C=CCN(C)C(=O)c1c(N)cnn1C. The van der Waals surface area contributed by atoms with Gasteiger partial charge < -0.3 is 10.6 Å². The predicted molar refractivity (Wildman–Crippen MR) is 54.8 cm³/mol. The first kappa shape index (κ1) is 10.3. The summed E-state index contributed by atoms with van der Waals surface area (Å²) in [5.41, 5.74) is 6.43. The van der Waals surface area contributed by atoms with E-state index in [1.165, 1.54) is 15.8 Å². The molecule has 1 rings (SSSR count). The number of amides is 1. The van der Waals surface area contributed by atoms with E-state index in [1.54, 1.807) is 20.2 Å². The second-order valence-corrected chi connectivity index (χ2v) is 3.05. The Morgan fingerprint density at radius 3 is 2.93 bits per heavy atom. The summed E-state index contributed by atoms with van der Waals surface area (Å²) in [6.45, 7) is 4.05. The van der Waals surface area contributed by atoms with Crippen LogP contribution in [0, 0.1) is 0 Å². The predicted octanol–water partition coefficient (Wildman–Crippen LogP) is 0.260. The van der Waals surface area contributed by atoms with E-state index >= 15 is 0 Å². The fourth-order valence-corrected chi connectivity index (χ4v) is 1.17. The molecule has 1 amide bonds. The summed E-state index contributed by atoms with van der Waals surface area (Å²) in [7, 11) is 3.38. The summed E-state index contributed by atoms with van der Waals surface area (Å²) >= 11 is 0. The van der Waals surface area contributed by atoms with E-state index in [9.17, 15) is 4.79 Å².